The van der Waals surface area contributed by atoms with Gasteiger partial charge in [0.05, 0.1) is 12.2 Å². The first-order valence-electron chi connectivity index (χ1n) is 8.82. The van der Waals surface area contributed by atoms with Gasteiger partial charge < -0.3 is 15.8 Å². The first kappa shape index (κ1) is 19.4. The van der Waals surface area contributed by atoms with Crippen LogP contribution in [0.1, 0.15) is 43.4 Å². The summed E-state index contributed by atoms with van der Waals surface area (Å²) in [5.74, 6) is 0.749. The summed E-state index contributed by atoms with van der Waals surface area (Å²) in [5, 5.41) is 2.81. The molecule has 26 heavy (non-hydrogen) atoms. The molecule has 1 heterocycles. The molecule has 0 aliphatic heterocycles. The van der Waals surface area contributed by atoms with E-state index in [4.69, 9.17) is 10.5 Å². The number of aromatic nitrogens is 2. The number of anilines is 1. The topological polar surface area (TPSA) is 90.1 Å². The zero-order chi connectivity index (χ0) is 18.9. The number of nitrogens with one attached hydrogen (secondary N) is 1. The van der Waals surface area contributed by atoms with Crippen molar-refractivity contribution < 1.29 is 9.53 Å². The van der Waals surface area contributed by atoms with Crippen molar-refractivity contribution in [3.05, 3.63) is 53.7 Å². The fourth-order valence-electron chi connectivity index (χ4n) is 2.47. The average molecular weight is 354 g/mol. The van der Waals surface area contributed by atoms with E-state index < -0.39 is 0 Å². The molecule has 1 aromatic carbocycles. The van der Waals surface area contributed by atoms with Gasteiger partial charge in [-0.1, -0.05) is 19.8 Å². The fraction of sp³-hybridized carbons (Fsp3) is 0.350. The van der Waals surface area contributed by atoms with Gasteiger partial charge in [0, 0.05) is 23.3 Å². The predicted molar refractivity (Wildman–Crippen MR) is 104 cm³/mol. The molecule has 0 radical (unpaired) electrons. The highest BCUT2D eigenvalue weighted by Crippen LogP contribution is 2.18. The molecule has 3 N–H and O–H groups in total. The van der Waals surface area contributed by atoms with Crippen LogP contribution in [-0.2, 0) is 4.79 Å². The number of nitrogens with zero attached hydrogens (tertiary/aromatic N) is 2. The van der Waals surface area contributed by atoms with Crippen LogP contribution in [0.3, 0.4) is 0 Å². The van der Waals surface area contributed by atoms with Crippen molar-refractivity contribution in [1.29, 1.82) is 0 Å². The molecule has 0 unspecified atom stereocenters. The standard InChI is InChI=1S/C20H26N4O2/c1-4-5-6-11-26-17-9-7-16(8-10-17)24-20(25)18(13-21)19-22-14(2)12-15(3)23-19/h7-10,12-13H,4-6,11,21H2,1-3H3,(H,24,25). The Hall–Kier alpha value is -2.89. The van der Waals surface area contributed by atoms with E-state index in [0.717, 1.165) is 36.4 Å². The molecule has 0 spiro atoms. The van der Waals surface area contributed by atoms with Crippen LogP contribution in [0, 0.1) is 13.8 Å². The van der Waals surface area contributed by atoms with Crippen molar-refractivity contribution >= 4 is 17.2 Å². The molecule has 6 nitrogen and oxygen atoms in total. The molecule has 138 valence electrons. The molecule has 0 atom stereocenters. The Morgan fingerprint density at radius 1 is 1.15 bits per heavy atom. The normalized spacial score (nSPS) is 11.3. The Labute approximate surface area is 154 Å². The van der Waals surface area contributed by atoms with Gasteiger partial charge in [-0.25, -0.2) is 9.97 Å². The van der Waals surface area contributed by atoms with Crippen LogP contribution in [0.5, 0.6) is 5.75 Å². The summed E-state index contributed by atoms with van der Waals surface area (Å²) in [4.78, 5) is 21.1. The number of carbonyl (C=O) groups is 1. The Kier molecular flexibility index (Phi) is 7.14. The number of nitrogens with two attached hydrogens (primary N) is 1. The van der Waals surface area contributed by atoms with Crippen LogP contribution in [0.25, 0.3) is 5.57 Å². The molecule has 1 amide bonds. The molecule has 2 rings (SSSR count). The molecule has 0 aliphatic carbocycles. The van der Waals surface area contributed by atoms with Gasteiger partial charge in [-0.3, -0.25) is 4.79 Å². The van der Waals surface area contributed by atoms with Gasteiger partial charge in [0.15, 0.2) is 5.82 Å². The maximum absolute atomic E-state index is 12.5. The lowest BCUT2D eigenvalue weighted by Crippen LogP contribution is -2.17. The SMILES string of the molecule is CCCCCOc1ccc(NC(=O)C(=CN)c2nc(C)cc(C)n2)cc1. The van der Waals surface area contributed by atoms with Gasteiger partial charge in [-0.15, -0.1) is 0 Å². The summed E-state index contributed by atoms with van der Waals surface area (Å²) in [7, 11) is 0. The van der Waals surface area contributed by atoms with Crippen LogP contribution >= 0.6 is 0 Å². The maximum atomic E-state index is 12.5. The molecule has 6 heteroatoms. The number of hydrogen-bond acceptors (Lipinski definition) is 5. The van der Waals surface area contributed by atoms with E-state index in [1.807, 2.05) is 32.0 Å². The van der Waals surface area contributed by atoms with Gasteiger partial charge in [0.2, 0.25) is 0 Å². The number of rotatable bonds is 8. The van der Waals surface area contributed by atoms with Gasteiger partial charge in [0.25, 0.3) is 5.91 Å². The zero-order valence-corrected chi connectivity index (χ0v) is 15.6. The molecule has 0 bridgehead atoms. The first-order valence-corrected chi connectivity index (χ1v) is 8.82. The minimum absolute atomic E-state index is 0.233. The zero-order valence-electron chi connectivity index (χ0n) is 15.6. The lowest BCUT2D eigenvalue weighted by Gasteiger charge is -2.10. The third kappa shape index (κ3) is 5.58. The highest BCUT2D eigenvalue weighted by atomic mass is 16.5. The van der Waals surface area contributed by atoms with Crippen molar-refractivity contribution in [1.82, 2.24) is 9.97 Å². The molecule has 2 aromatic rings. The van der Waals surface area contributed by atoms with E-state index in [0.29, 0.717) is 18.1 Å². The van der Waals surface area contributed by atoms with Crippen LogP contribution in [-0.4, -0.2) is 22.5 Å². The summed E-state index contributed by atoms with van der Waals surface area (Å²) >= 11 is 0. The number of amides is 1. The maximum Gasteiger partial charge on any atom is 0.260 e. The van der Waals surface area contributed by atoms with Gasteiger partial charge >= 0.3 is 0 Å². The van der Waals surface area contributed by atoms with Crippen LogP contribution < -0.4 is 15.8 Å². The Bertz CT molecular complexity index is 750. The van der Waals surface area contributed by atoms with E-state index in [1.165, 1.54) is 6.20 Å². The van der Waals surface area contributed by atoms with Crippen molar-refractivity contribution in [3.63, 3.8) is 0 Å². The van der Waals surface area contributed by atoms with Gasteiger partial charge in [0.1, 0.15) is 5.75 Å². The van der Waals surface area contributed by atoms with Crippen molar-refractivity contribution in [3.8, 4) is 5.75 Å². The molecule has 0 fully saturated rings. The van der Waals surface area contributed by atoms with E-state index in [1.54, 1.807) is 12.1 Å². The molecular weight excluding hydrogens is 328 g/mol. The largest absolute Gasteiger partial charge is 0.494 e. The summed E-state index contributed by atoms with van der Waals surface area (Å²) in [6.07, 6.45) is 4.59. The Morgan fingerprint density at radius 2 is 1.81 bits per heavy atom. The molecule has 0 saturated heterocycles. The molecular formula is C20H26N4O2. The number of ether oxygens (including phenoxy) is 1. The number of carbonyl (C=O) groups excluding carboxylic acids is 1. The minimum atomic E-state index is -0.353. The smallest absolute Gasteiger partial charge is 0.260 e. The fourth-order valence-corrected chi connectivity index (χ4v) is 2.47. The van der Waals surface area contributed by atoms with Gasteiger partial charge in [-0.2, -0.15) is 0 Å². The van der Waals surface area contributed by atoms with Crippen molar-refractivity contribution in [2.24, 2.45) is 5.73 Å². The summed E-state index contributed by atoms with van der Waals surface area (Å²) < 4.78 is 5.67. The van der Waals surface area contributed by atoms with E-state index >= 15 is 0 Å². The number of benzene rings is 1. The van der Waals surface area contributed by atoms with E-state index in [2.05, 4.69) is 22.2 Å². The molecule has 0 saturated carbocycles. The average Bonchev–Trinajstić information content (AvgIpc) is 2.60. The number of hydrogen-bond donors (Lipinski definition) is 2. The summed E-state index contributed by atoms with van der Waals surface area (Å²) in [6.45, 7) is 6.56. The highest BCUT2D eigenvalue weighted by molar-refractivity contribution is 6.24. The number of unbranched alkanes of at least 4 members (excludes halogenated alkanes) is 2. The second kappa shape index (κ2) is 9.56. The quantitative estimate of drug-likeness (QED) is 0.558. The van der Waals surface area contributed by atoms with Crippen molar-refractivity contribution in [2.75, 3.05) is 11.9 Å². The number of aryl methyl sites for hydroxylation is 2. The Balaban J connectivity index is 2.01. The minimum Gasteiger partial charge on any atom is -0.494 e. The summed E-state index contributed by atoms with van der Waals surface area (Å²) in [5.41, 5.74) is 8.09. The van der Waals surface area contributed by atoms with E-state index in [9.17, 15) is 4.79 Å². The first-order chi connectivity index (χ1) is 12.5. The van der Waals surface area contributed by atoms with Crippen LogP contribution in [0.2, 0.25) is 0 Å². The lowest BCUT2D eigenvalue weighted by molar-refractivity contribution is -0.111. The Morgan fingerprint density at radius 3 is 2.38 bits per heavy atom. The highest BCUT2D eigenvalue weighted by Gasteiger charge is 2.15. The monoisotopic (exact) mass is 354 g/mol. The molecule has 0 aliphatic rings. The lowest BCUT2D eigenvalue weighted by atomic mass is 10.2. The van der Waals surface area contributed by atoms with Crippen LogP contribution in [0.4, 0.5) is 5.69 Å². The van der Waals surface area contributed by atoms with Gasteiger partial charge in [-0.05, 0) is 50.6 Å². The predicted octanol–water partition coefficient (Wildman–Crippen LogP) is 3.60. The summed E-state index contributed by atoms with van der Waals surface area (Å²) in [6, 6.07) is 9.10. The third-order valence-electron chi connectivity index (χ3n) is 3.76. The second-order valence-electron chi connectivity index (χ2n) is 6.09. The van der Waals surface area contributed by atoms with Crippen molar-refractivity contribution in [2.45, 2.75) is 40.0 Å². The van der Waals surface area contributed by atoms with Crippen LogP contribution in [0.15, 0.2) is 36.5 Å². The third-order valence-corrected chi connectivity index (χ3v) is 3.76. The van der Waals surface area contributed by atoms with E-state index in [-0.39, 0.29) is 11.5 Å². The molecule has 1 aromatic heterocycles. The second-order valence-corrected chi connectivity index (χ2v) is 6.09.